The van der Waals surface area contributed by atoms with E-state index in [9.17, 15) is 19.2 Å². The van der Waals surface area contributed by atoms with Crippen molar-refractivity contribution in [3.8, 4) is 0 Å². The monoisotopic (exact) mass is 702 g/mol. The lowest BCUT2D eigenvalue weighted by molar-refractivity contribution is -0.159. The number of furan rings is 2. The zero-order chi connectivity index (χ0) is 36.1. The van der Waals surface area contributed by atoms with E-state index in [4.69, 9.17) is 18.3 Å². The van der Waals surface area contributed by atoms with Crippen LogP contribution in [-0.4, -0.2) is 71.9 Å². The zero-order valence-corrected chi connectivity index (χ0v) is 28.8. The van der Waals surface area contributed by atoms with E-state index in [0.29, 0.717) is 48.8 Å². The largest absolute Gasteiger partial charge is 0.465 e. The minimum Gasteiger partial charge on any atom is -0.465 e. The van der Waals surface area contributed by atoms with Crippen LogP contribution < -0.4 is 0 Å². The molecule has 6 rings (SSSR count). The number of carbonyl (C=O) groups excluding carboxylic acids is 4. The van der Waals surface area contributed by atoms with Crippen molar-refractivity contribution in [1.29, 1.82) is 0 Å². The van der Waals surface area contributed by atoms with Crippen LogP contribution in [0.1, 0.15) is 60.2 Å². The molecule has 4 atom stereocenters. The third kappa shape index (κ3) is 9.60. The van der Waals surface area contributed by atoms with Gasteiger partial charge in [0.1, 0.15) is 11.5 Å². The maximum atomic E-state index is 13.8. The van der Waals surface area contributed by atoms with Crippen LogP contribution in [-0.2, 0) is 28.7 Å². The molecule has 0 bridgehead atoms. The summed E-state index contributed by atoms with van der Waals surface area (Å²) in [6.45, 7) is 2.57. The van der Waals surface area contributed by atoms with E-state index in [1.165, 1.54) is 24.7 Å². The highest BCUT2D eigenvalue weighted by Gasteiger charge is 2.38. The van der Waals surface area contributed by atoms with Gasteiger partial charge in [-0.05, 0) is 85.4 Å². The zero-order valence-electron chi connectivity index (χ0n) is 28.8. The Hall–Kier alpha value is -5.58. The number of benzene rings is 2. The SMILES string of the molecule is O=C(/C=C\C(=O)OC(C(C(=O)C=Cc1ccco1)c1ccccc1)N1CCCC1)OC(C(C(=O)C=Cc1ccco1)c1ccccc1)N1CCCC1. The Morgan fingerprint density at radius 1 is 0.519 bits per heavy atom. The molecular weight excluding hydrogens is 660 g/mol. The highest BCUT2D eigenvalue weighted by atomic mass is 16.6. The quantitative estimate of drug-likeness (QED) is 0.0912. The standard InChI is InChI=1S/C42H42N2O8/c45-35(21-19-33-17-11-29-49-33)39(31-13-3-1-4-14-31)41(43-25-7-8-26-43)51-37(47)23-24-38(48)52-42(44-27-9-10-28-44)40(32-15-5-2-6-16-32)36(46)22-20-34-18-12-30-50-34/h1-6,11-24,29-30,39-42H,7-10,25-28H2/b21-19?,22-20?,24-23-. The third-order valence-electron chi connectivity index (χ3n) is 9.24. The van der Waals surface area contributed by atoms with Crippen LogP contribution in [0.25, 0.3) is 12.2 Å². The van der Waals surface area contributed by atoms with Crippen LogP contribution in [0.3, 0.4) is 0 Å². The number of nitrogens with zero attached hydrogens (tertiary/aromatic N) is 2. The third-order valence-corrected chi connectivity index (χ3v) is 9.24. The van der Waals surface area contributed by atoms with E-state index >= 15 is 0 Å². The van der Waals surface area contributed by atoms with Gasteiger partial charge in [0.2, 0.25) is 0 Å². The van der Waals surface area contributed by atoms with Gasteiger partial charge in [0.15, 0.2) is 24.0 Å². The molecule has 0 amide bonds. The maximum absolute atomic E-state index is 13.8. The fourth-order valence-corrected chi connectivity index (χ4v) is 6.72. The number of likely N-dealkylation sites (tertiary alicyclic amines) is 2. The van der Waals surface area contributed by atoms with Gasteiger partial charge in [0.05, 0.1) is 24.4 Å². The summed E-state index contributed by atoms with van der Waals surface area (Å²) in [5.41, 5.74) is 1.38. The molecule has 2 aliphatic heterocycles. The Balaban J connectivity index is 1.21. The van der Waals surface area contributed by atoms with Gasteiger partial charge in [-0.1, -0.05) is 60.7 Å². The van der Waals surface area contributed by atoms with Crippen molar-refractivity contribution in [2.24, 2.45) is 0 Å². The Bertz CT molecular complexity index is 1700. The lowest BCUT2D eigenvalue weighted by Gasteiger charge is -2.33. The van der Waals surface area contributed by atoms with E-state index in [1.54, 1.807) is 36.4 Å². The number of allylic oxidation sites excluding steroid dienone is 2. The first-order valence-corrected chi connectivity index (χ1v) is 17.6. The maximum Gasteiger partial charge on any atom is 0.332 e. The second-order valence-corrected chi connectivity index (χ2v) is 12.8. The number of hydrogen-bond donors (Lipinski definition) is 0. The summed E-state index contributed by atoms with van der Waals surface area (Å²) in [5, 5.41) is 0. The number of ketones is 2. The molecule has 10 heteroatoms. The predicted molar refractivity (Wildman–Crippen MR) is 194 cm³/mol. The molecule has 4 heterocycles. The van der Waals surface area contributed by atoms with Crippen LogP contribution in [0.4, 0.5) is 0 Å². The van der Waals surface area contributed by atoms with Gasteiger partial charge in [-0.15, -0.1) is 0 Å². The Labute approximate surface area is 303 Å². The molecule has 268 valence electrons. The minimum atomic E-state index is -0.926. The van der Waals surface area contributed by atoms with Crippen LogP contribution in [0.15, 0.2) is 131 Å². The van der Waals surface area contributed by atoms with E-state index in [0.717, 1.165) is 37.8 Å². The van der Waals surface area contributed by atoms with Gasteiger partial charge in [0, 0.05) is 38.3 Å². The second kappa shape index (κ2) is 18.1. The first-order chi connectivity index (χ1) is 25.5. The molecule has 2 aromatic carbocycles. The molecule has 2 fully saturated rings. The van der Waals surface area contributed by atoms with Gasteiger partial charge >= 0.3 is 11.9 Å². The van der Waals surface area contributed by atoms with Crippen molar-refractivity contribution in [2.75, 3.05) is 26.2 Å². The van der Waals surface area contributed by atoms with Crippen LogP contribution in [0.2, 0.25) is 0 Å². The molecule has 2 saturated heterocycles. The average molecular weight is 703 g/mol. The summed E-state index contributed by atoms with van der Waals surface area (Å²) < 4.78 is 22.8. The molecule has 2 aromatic heterocycles. The lowest BCUT2D eigenvalue weighted by atomic mass is 9.91. The van der Waals surface area contributed by atoms with Gasteiger partial charge in [-0.25, -0.2) is 9.59 Å². The fraction of sp³-hybridized carbons (Fsp3) is 0.286. The first-order valence-electron chi connectivity index (χ1n) is 17.6. The fourth-order valence-electron chi connectivity index (χ4n) is 6.72. The molecule has 0 radical (unpaired) electrons. The number of rotatable bonds is 16. The van der Waals surface area contributed by atoms with E-state index in [-0.39, 0.29) is 11.6 Å². The van der Waals surface area contributed by atoms with Gasteiger partial charge in [0.25, 0.3) is 0 Å². The van der Waals surface area contributed by atoms with E-state index < -0.39 is 36.2 Å². The molecule has 2 aliphatic rings. The second-order valence-electron chi connectivity index (χ2n) is 12.8. The Morgan fingerprint density at radius 3 is 1.25 bits per heavy atom. The molecule has 10 nitrogen and oxygen atoms in total. The summed E-state index contributed by atoms with van der Waals surface area (Å²) in [4.78, 5) is 58.5. The van der Waals surface area contributed by atoms with Crippen LogP contribution in [0.5, 0.6) is 0 Å². The molecule has 4 aromatic rings. The summed E-state index contributed by atoms with van der Waals surface area (Å²) in [5.74, 6) is -2.74. The molecule has 0 N–H and O–H groups in total. The first kappa shape index (κ1) is 36.2. The minimum absolute atomic E-state index is 0.262. The number of carbonyl (C=O) groups is 4. The summed E-state index contributed by atoms with van der Waals surface area (Å²) in [6.07, 6.45) is 12.9. The normalized spacial score (nSPS) is 17.8. The van der Waals surface area contributed by atoms with Gasteiger partial charge < -0.3 is 18.3 Å². The number of esters is 2. The van der Waals surface area contributed by atoms with Crippen LogP contribution >= 0.6 is 0 Å². The molecule has 0 saturated carbocycles. The summed E-state index contributed by atoms with van der Waals surface area (Å²) >= 11 is 0. The smallest absolute Gasteiger partial charge is 0.332 e. The Morgan fingerprint density at radius 2 is 0.904 bits per heavy atom. The molecule has 0 aliphatic carbocycles. The van der Waals surface area contributed by atoms with Crippen molar-refractivity contribution in [3.05, 3.63) is 144 Å². The summed E-state index contributed by atoms with van der Waals surface area (Å²) in [7, 11) is 0. The summed E-state index contributed by atoms with van der Waals surface area (Å²) in [6, 6.07) is 25.3. The Kier molecular flexibility index (Phi) is 12.6. The van der Waals surface area contributed by atoms with Crippen molar-refractivity contribution in [1.82, 2.24) is 9.80 Å². The molecular formula is C42H42N2O8. The van der Waals surface area contributed by atoms with E-state index in [1.807, 2.05) is 70.5 Å². The topological polar surface area (TPSA) is 120 Å². The highest BCUT2D eigenvalue weighted by molar-refractivity contribution is 6.00. The van der Waals surface area contributed by atoms with Gasteiger partial charge in [-0.2, -0.15) is 0 Å². The van der Waals surface area contributed by atoms with Crippen molar-refractivity contribution in [2.45, 2.75) is 50.0 Å². The average Bonchev–Trinajstić information content (AvgIpc) is 4.02. The molecule has 0 spiro atoms. The highest BCUT2D eigenvalue weighted by Crippen LogP contribution is 2.31. The van der Waals surface area contributed by atoms with E-state index in [2.05, 4.69) is 0 Å². The van der Waals surface area contributed by atoms with Crippen molar-refractivity contribution in [3.63, 3.8) is 0 Å². The van der Waals surface area contributed by atoms with Crippen molar-refractivity contribution >= 4 is 35.7 Å². The lowest BCUT2D eigenvalue weighted by Crippen LogP contribution is -2.44. The van der Waals surface area contributed by atoms with Crippen molar-refractivity contribution < 1.29 is 37.5 Å². The number of ether oxygens (including phenoxy) is 2. The molecule has 52 heavy (non-hydrogen) atoms. The number of hydrogen-bond acceptors (Lipinski definition) is 10. The molecule has 4 unspecified atom stereocenters. The predicted octanol–water partition coefficient (Wildman–Crippen LogP) is 6.79. The van der Waals surface area contributed by atoms with Gasteiger partial charge in [-0.3, -0.25) is 19.4 Å². The van der Waals surface area contributed by atoms with Crippen LogP contribution in [0, 0.1) is 0 Å².